The normalized spacial score (nSPS) is 13.9. The summed E-state index contributed by atoms with van der Waals surface area (Å²) in [5, 5.41) is 0. The number of ether oxygens (including phenoxy) is 1. The van der Waals surface area contributed by atoms with Gasteiger partial charge in [0.05, 0.1) is 12.8 Å². The van der Waals surface area contributed by atoms with Crippen molar-refractivity contribution < 1.29 is 14.3 Å². The quantitative estimate of drug-likeness (QED) is 0.754. The third-order valence-electron chi connectivity index (χ3n) is 5.42. The van der Waals surface area contributed by atoms with E-state index >= 15 is 0 Å². The zero-order chi connectivity index (χ0) is 20.8. The zero-order valence-corrected chi connectivity index (χ0v) is 17.4. The van der Waals surface area contributed by atoms with Crippen LogP contribution in [0.5, 0.6) is 5.75 Å². The summed E-state index contributed by atoms with van der Waals surface area (Å²) in [6.07, 6.45) is 0. The molecular weight excluding hydrogens is 366 g/mol. The van der Waals surface area contributed by atoms with Gasteiger partial charge in [0, 0.05) is 50.4 Å². The van der Waals surface area contributed by atoms with Crippen LogP contribution >= 0.6 is 0 Å². The Morgan fingerprint density at radius 3 is 2.07 bits per heavy atom. The largest absolute Gasteiger partial charge is 0.495 e. The van der Waals surface area contributed by atoms with Crippen LogP contribution in [0.15, 0.2) is 48.5 Å². The van der Waals surface area contributed by atoms with Crippen molar-refractivity contribution in [2.24, 2.45) is 0 Å². The number of hydrogen-bond acceptors (Lipinski definition) is 4. The van der Waals surface area contributed by atoms with E-state index in [0.717, 1.165) is 24.5 Å². The highest BCUT2D eigenvalue weighted by molar-refractivity contribution is 5.98. The van der Waals surface area contributed by atoms with Gasteiger partial charge in [-0.2, -0.15) is 0 Å². The van der Waals surface area contributed by atoms with E-state index in [-0.39, 0.29) is 11.8 Å². The highest BCUT2D eigenvalue weighted by Crippen LogP contribution is 2.28. The van der Waals surface area contributed by atoms with Gasteiger partial charge < -0.3 is 19.4 Å². The minimum Gasteiger partial charge on any atom is -0.495 e. The van der Waals surface area contributed by atoms with Crippen molar-refractivity contribution in [3.63, 3.8) is 0 Å². The first-order chi connectivity index (χ1) is 14.1. The molecule has 2 aromatic rings. The SMILES string of the molecule is CCN(CC)C(=O)c1ccc(C(=O)N2CCN(c3ccccc3OC)CC2)cc1. The predicted molar refractivity (Wildman–Crippen MR) is 115 cm³/mol. The van der Waals surface area contributed by atoms with E-state index in [1.807, 2.05) is 43.0 Å². The first-order valence-corrected chi connectivity index (χ1v) is 10.2. The van der Waals surface area contributed by atoms with E-state index in [1.165, 1.54) is 0 Å². The molecule has 0 unspecified atom stereocenters. The standard InChI is InChI=1S/C23H29N3O3/c1-4-24(5-2)22(27)18-10-12-19(13-11-18)23(28)26-16-14-25(15-17-26)20-8-6-7-9-21(20)29-3/h6-13H,4-5,14-17H2,1-3H3. The maximum atomic E-state index is 12.9. The summed E-state index contributed by atoms with van der Waals surface area (Å²) in [6, 6.07) is 15.0. The molecule has 1 saturated heterocycles. The van der Waals surface area contributed by atoms with Crippen molar-refractivity contribution in [2.75, 3.05) is 51.3 Å². The van der Waals surface area contributed by atoms with Gasteiger partial charge in [-0.3, -0.25) is 9.59 Å². The van der Waals surface area contributed by atoms with Crippen LogP contribution in [0.25, 0.3) is 0 Å². The zero-order valence-electron chi connectivity index (χ0n) is 17.4. The van der Waals surface area contributed by atoms with Crippen LogP contribution in [-0.2, 0) is 0 Å². The van der Waals surface area contributed by atoms with Crippen LogP contribution < -0.4 is 9.64 Å². The van der Waals surface area contributed by atoms with E-state index in [0.29, 0.717) is 37.3 Å². The van der Waals surface area contributed by atoms with E-state index in [2.05, 4.69) is 4.90 Å². The summed E-state index contributed by atoms with van der Waals surface area (Å²) in [5.41, 5.74) is 2.29. The number of carbonyl (C=O) groups excluding carboxylic acids is 2. The second-order valence-electron chi connectivity index (χ2n) is 7.01. The minimum atomic E-state index is -0.000535. The van der Waals surface area contributed by atoms with Crippen molar-refractivity contribution >= 4 is 17.5 Å². The molecule has 154 valence electrons. The molecule has 0 radical (unpaired) electrons. The summed E-state index contributed by atoms with van der Waals surface area (Å²) < 4.78 is 5.45. The first kappa shape index (κ1) is 20.7. The molecule has 0 atom stereocenters. The fourth-order valence-electron chi connectivity index (χ4n) is 3.67. The van der Waals surface area contributed by atoms with Crippen LogP contribution in [0.2, 0.25) is 0 Å². The van der Waals surface area contributed by atoms with Crippen LogP contribution in [-0.4, -0.2) is 68.0 Å². The summed E-state index contributed by atoms with van der Waals surface area (Å²) in [6.45, 7) is 8.08. The Bertz CT molecular complexity index is 839. The van der Waals surface area contributed by atoms with E-state index < -0.39 is 0 Å². The monoisotopic (exact) mass is 395 g/mol. The molecule has 0 N–H and O–H groups in total. The lowest BCUT2D eigenvalue weighted by atomic mass is 10.1. The first-order valence-electron chi connectivity index (χ1n) is 10.2. The van der Waals surface area contributed by atoms with Gasteiger partial charge >= 0.3 is 0 Å². The molecule has 2 aromatic carbocycles. The predicted octanol–water partition coefficient (Wildman–Crippen LogP) is 3.14. The lowest BCUT2D eigenvalue weighted by Crippen LogP contribution is -2.48. The van der Waals surface area contributed by atoms with Gasteiger partial charge in [-0.25, -0.2) is 0 Å². The lowest BCUT2D eigenvalue weighted by molar-refractivity contribution is 0.0742. The van der Waals surface area contributed by atoms with E-state index in [9.17, 15) is 9.59 Å². The third-order valence-corrected chi connectivity index (χ3v) is 5.42. The number of carbonyl (C=O) groups is 2. The number of amides is 2. The van der Waals surface area contributed by atoms with Gasteiger partial charge in [-0.15, -0.1) is 0 Å². The summed E-state index contributed by atoms with van der Waals surface area (Å²) in [7, 11) is 1.67. The molecule has 6 nitrogen and oxygen atoms in total. The molecule has 3 rings (SSSR count). The molecule has 1 aliphatic heterocycles. The Hall–Kier alpha value is -3.02. The number of piperazine rings is 1. The number of anilines is 1. The molecule has 0 spiro atoms. The summed E-state index contributed by atoms with van der Waals surface area (Å²) >= 11 is 0. The third kappa shape index (κ3) is 4.53. The Balaban J connectivity index is 1.63. The molecule has 0 bridgehead atoms. The smallest absolute Gasteiger partial charge is 0.253 e. The number of para-hydroxylation sites is 2. The van der Waals surface area contributed by atoms with Gasteiger partial charge in [-0.05, 0) is 50.2 Å². The number of methoxy groups -OCH3 is 1. The van der Waals surface area contributed by atoms with Crippen molar-refractivity contribution in [3.05, 3.63) is 59.7 Å². The Labute approximate surface area is 172 Å². The average molecular weight is 396 g/mol. The Kier molecular flexibility index (Phi) is 6.75. The second kappa shape index (κ2) is 9.45. The second-order valence-corrected chi connectivity index (χ2v) is 7.01. The number of benzene rings is 2. The van der Waals surface area contributed by atoms with Gasteiger partial charge in [0.1, 0.15) is 5.75 Å². The maximum absolute atomic E-state index is 12.9. The van der Waals surface area contributed by atoms with Crippen LogP contribution in [0.4, 0.5) is 5.69 Å². The fraction of sp³-hybridized carbons (Fsp3) is 0.391. The molecule has 1 heterocycles. The fourth-order valence-corrected chi connectivity index (χ4v) is 3.67. The molecule has 2 amide bonds. The van der Waals surface area contributed by atoms with Crippen molar-refractivity contribution in [1.29, 1.82) is 0 Å². The van der Waals surface area contributed by atoms with Crippen LogP contribution in [0, 0.1) is 0 Å². The lowest BCUT2D eigenvalue weighted by Gasteiger charge is -2.36. The van der Waals surface area contributed by atoms with E-state index in [4.69, 9.17) is 4.74 Å². The Morgan fingerprint density at radius 2 is 1.48 bits per heavy atom. The molecule has 6 heteroatoms. The van der Waals surface area contributed by atoms with Gasteiger partial charge in [0.15, 0.2) is 0 Å². The minimum absolute atomic E-state index is 0.000535. The van der Waals surface area contributed by atoms with Crippen molar-refractivity contribution in [2.45, 2.75) is 13.8 Å². The number of rotatable bonds is 6. The molecule has 0 aliphatic carbocycles. The van der Waals surface area contributed by atoms with Crippen molar-refractivity contribution in [1.82, 2.24) is 9.80 Å². The van der Waals surface area contributed by atoms with Crippen LogP contribution in [0.3, 0.4) is 0 Å². The Morgan fingerprint density at radius 1 is 0.897 bits per heavy atom. The van der Waals surface area contributed by atoms with Crippen molar-refractivity contribution in [3.8, 4) is 5.75 Å². The van der Waals surface area contributed by atoms with Gasteiger partial charge in [-0.1, -0.05) is 12.1 Å². The molecular formula is C23H29N3O3. The summed E-state index contributed by atoms with van der Waals surface area (Å²) in [5.74, 6) is 0.853. The topological polar surface area (TPSA) is 53.1 Å². The highest BCUT2D eigenvalue weighted by atomic mass is 16.5. The summed E-state index contributed by atoms with van der Waals surface area (Å²) in [4.78, 5) is 31.2. The average Bonchev–Trinajstić information content (AvgIpc) is 2.79. The molecule has 29 heavy (non-hydrogen) atoms. The molecule has 0 saturated carbocycles. The molecule has 1 aliphatic rings. The maximum Gasteiger partial charge on any atom is 0.253 e. The number of hydrogen-bond donors (Lipinski definition) is 0. The molecule has 0 aromatic heterocycles. The van der Waals surface area contributed by atoms with Gasteiger partial charge in [0.2, 0.25) is 0 Å². The van der Waals surface area contributed by atoms with E-state index in [1.54, 1.807) is 36.3 Å². The molecule has 1 fully saturated rings. The number of nitrogens with zero attached hydrogens (tertiary/aromatic N) is 3. The van der Waals surface area contributed by atoms with Gasteiger partial charge in [0.25, 0.3) is 11.8 Å². The highest BCUT2D eigenvalue weighted by Gasteiger charge is 2.24. The van der Waals surface area contributed by atoms with Crippen LogP contribution in [0.1, 0.15) is 34.6 Å².